The summed E-state index contributed by atoms with van der Waals surface area (Å²) in [6.07, 6.45) is 2.68. The van der Waals surface area contributed by atoms with E-state index in [1.807, 2.05) is 37.4 Å². The maximum atomic E-state index is 13.5. The summed E-state index contributed by atoms with van der Waals surface area (Å²) in [6.45, 7) is 3.95. The van der Waals surface area contributed by atoms with Crippen molar-refractivity contribution in [1.29, 1.82) is 0 Å². The van der Waals surface area contributed by atoms with Crippen LogP contribution in [0.5, 0.6) is 0 Å². The molecule has 0 aliphatic carbocycles. The van der Waals surface area contributed by atoms with Crippen molar-refractivity contribution in [3.05, 3.63) is 71.2 Å². The number of aliphatic hydroxyl groups is 1. The van der Waals surface area contributed by atoms with Gasteiger partial charge in [0.2, 0.25) is 0 Å². The minimum Gasteiger partial charge on any atom is -0.392 e. The Morgan fingerprint density at radius 3 is 2.64 bits per heavy atom. The van der Waals surface area contributed by atoms with Crippen LogP contribution in [-0.4, -0.2) is 29.1 Å². The molecule has 0 atom stereocenters. The van der Waals surface area contributed by atoms with Gasteiger partial charge in [-0.15, -0.1) is 24.0 Å². The van der Waals surface area contributed by atoms with Crippen LogP contribution in [0.1, 0.15) is 23.6 Å². The van der Waals surface area contributed by atoms with Crippen molar-refractivity contribution in [2.45, 2.75) is 26.5 Å². The Morgan fingerprint density at radius 1 is 1.11 bits per heavy atom. The van der Waals surface area contributed by atoms with Gasteiger partial charge in [0.1, 0.15) is 5.82 Å². The third kappa shape index (κ3) is 5.68. The second-order valence-electron chi connectivity index (χ2n) is 6.30. The van der Waals surface area contributed by atoms with Gasteiger partial charge in [0.25, 0.3) is 0 Å². The molecule has 0 bridgehead atoms. The highest BCUT2D eigenvalue weighted by molar-refractivity contribution is 14.0. The number of H-pyrrole nitrogens is 1. The number of aromatic nitrogens is 1. The van der Waals surface area contributed by atoms with Crippen molar-refractivity contribution < 1.29 is 9.50 Å². The van der Waals surface area contributed by atoms with Gasteiger partial charge in [-0.2, -0.15) is 0 Å². The highest BCUT2D eigenvalue weighted by Gasteiger charge is 2.06. The van der Waals surface area contributed by atoms with Crippen molar-refractivity contribution in [2.24, 2.45) is 4.99 Å². The maximum Gasteiger partial charge on any atom is 0.191 e. The highest BCUT2D eigenvalue weighted by atomic mass is 127. The lowest BCUT2D eigenvalue weighted by atomic mass is 10.1. The molecule has 0 amide bonds. The molecule has 0 radical (unpaired) electrons. The third-order valence-corrected chi connectivity index (χ3v) is 4.46. The minimum atomic E-state index is -0.228. The number of aliphatic hydroxyl groups excluding tert-OH is 1. The number of aliphatic imine (C=N–C) groups is 1. The molecule has 5 nitrogen and oxygen atoms in total. The molecule has 1 aromatic heterocycles. The number of rotatable bonds is 7. The van der Waals surface area contributed by atoms with E-state index >= 15 is 0 Å². The van der Waals surface area contributed by atoms with Gasteiger partial charge >= 0.3 is 0 Å². The average Bonchev–Trinajstić information content (AvgIpc) is 3.08. The second-order valence-corrected chi connectivity index (χ2v) is 6.30. The fourth-order valence-electron chi connectivity index (χ4n) is 3.05. The highest BCUT2D eigenvalue weighted by Crippen LogP contribution is 2.19. The Hall–Kier alpha value is -2.13. The summed E-state index contributed by atoms with van der Waals surface area (Å²) in [5.41, 5.74) is 3.90. The van der Waals surface area contributed by atoms with E-state index in [0.717, 1.165) is 46.5 Å². The third-order valence-electron chi connectivity index (χ3n) is 4.46. The first-order valence-corrected chi connectivity index (χ1v) is 9.16. The van der Waals surface area contributed by atoms with Crippen molar-refractivity contribution in [3.8, 4) is 0 Å². The number of hydrogen-bond acceptors (Lipinski definition) is 2. The zero-order valence-electron chi connectivity index (χ0n) is 15.8. The zero-order valence-corrected chi connectivity index (χ0v) is 18.2. The molecule has 3 aromatic rings. The Kier molecular flexibility index (Phi) is 8.72. The first kappa shape index (κ1) is 22.2. The van der Waals surface area contributed by atoms with E-state index in [1.165, 1.54) is 6.07 Å². The lowest BCUT2D eigenvalue weighted by Crippen LogP contribution is -2.38. The molecule has 0 aliphatic heterocycles. The number of guanidine groups is 1. The molecule has 0 saturated carbocycles. The summed E-state index contributed by atoms with van der Waals surface area (Å²) in [5, 5.41) is 16.9. The van der Waals surface area contributed by atoms with Crippen LogP contribution in [0.25, 0.3) is 10.9 Å². The standard InChI is InChI=1S/C21H25FN4O.HI/c1-2-23-21(26-12-15-5-3-4-6-17(15)14-27)24-10-9-16-13-25-20-8-7-18(22)11-19(16)20;/h3-8,11,13,25,27H,2,9-10,12,14H2,1H3,(H2,23,24,26);1H. The molecule has 0 spiro atoms. The fraction of sp³-hybridized carbons (Fsp3) is 0.286. The van der Waals surface area contributed by atoms with E-state index < -0.39 is 0 Å². The van der Waals surface area contributed by atoms with E-state index in [4.69, 9.17) is 0 Å². The minimum absolute atomic E-state index is 0. The second kappa shape index (κ2) is 11.0. The van der Waals surface area contributed by atoms with E-state index in [1.54, 1.807) is 12.1 Å². The summed E-state index contributed by atoms with van der Waals surface area (Å²) in [5.74, 6) is 0.491. The summed E-state index contributed by atoms with van der Waals surface area (Å²) < 4.78 is 13.5. The summed E-state index contributed by atoms with van der Waals surface area (Å²) in [7, 11) is 0. The Morgan fingerprint density at radius 2 is 1.89 bits per heavy atom. The molecular weight excluding hydrogens is 470 g/mol. The molecule has 4 N–H and O–H groups in total. The van der Waals surface area contributed by atoms with E-state index in [-0.39, 0.29) is 36.4 Å². The van der Waals surface area contributed by atoms with Crippen LogP contribution >= 0.6 is 24.0 Å². The van der Waals surface area contributed by atoms with Gasteiger partial charge in [0, 0.05) is 30.2 Å². The molecule has 7 heteroatoms. The van der Waals surface area contributed by atoms with E-state index in [0.29, 0.717) is 13.1 Å². The fourth-order valence-corrected chi connectivity index (χ4v) is 3.05. The molecular formula is C21H26FIN4O. The number of benzene rings is 2. The van der Waals surface area contributed by atoms with Crippen LogP contribution in [0.15, 0.2) is 53.7 Å². The van der Waals surface area contributed by atoms with Gasteiger partial charge in [0.15, 0.2) is 5.96 Å². The lowest BCUT2D eigenvalue weighted by Gasteiger charge is -2.12. The first-order chi connectivity index (χ1) is 13.2. The predicted molar refractivity (Wildman–Crippen MR) is 123 cm³/mol. The summed E-state index contributed by atoms with van der Waals surface area (Å²) in [6, 6.07) is 12.5. The van der Waals surface area contributed by atoms with Crippen LogP contribution < -0.4 is 10.6 Å². The number of nitrogens with zero attached hydrogens (tertiary/aromatic N) is 1. The van der Waals surface area contributed by atoms with Crippen LogP contribution in [0.3, 0.4) is 0 Å². The summed E-state index contributed by atoms with van der Waals surface area (Å²) in [4.78, 5) is 7.78. The number of halogens is 2. The van der Waals surface area contributed by atoms with Gasteiger partial charge in [-0.1, -0.05) is 24.3 Å². The molecule has 0 unspecified atom stereocenters. The molecule has 0 fully saturated rings. The van der Waals surface area contributed by atoms with Crippen LogP contribution in [0.2, 0.25) is 0 Å². The number of aromatic amines is 1. The predicted octanol–water partition coefficient (Wildman–Crippen LogP) is 3.72. The number of nitrogens with one attached hydrogen (secondary N) is 3. The molecule has 3 rings (SSSR count). The van der Waals surface area contributed by atoms with E-state index in [9.17, 15) is 9.50 Å². The normalized spacial score (nSPS) is 11.3. The Labute approximate surface area is 181 Å². The van der Waals surface area contributed by atoms with Crippen molar-refractivity contribution in [3.63, 3.8) is 0 Å². The van der Waals surface area contributed by atoms with E-state index in [2.05, 4.69) is 20.6 Å². The molecule has 1 heterocycles. The first-order valence-electron chi connectivity index (χ1n) is 9.16. The SMILES string of the molecule is CCNC(=NCc1ccccc1CO)NCCc1c[nH]c2ccc(F)cc12.I. The largest absolute Gasteiger partial charge is 0.392 e. The summed E-state index contributed by atoms with van der Waals surface area (Å²) >= 11 is 0. The molecule has 28 heavy (non-hydrogen) atoms. The number of fused-ring (bicyclic) bond motifs is 1. The quantitative estimate of drug-likeness (QED) is 0.229. The Balaban J connectivity index is 0.00000280. The van der Waals surface area contributed by atoms with Gasteiger partial charge in [-0.25, -0.2) is 9.38 Å². The van der Waals surface area contributed by atoms with Crippen molar-refractivity contribution in [1.82, 2.24) is 15.6 Å². The topological polar surface area (TPSA) is 72.4 Å². The smallest absolute Gasteiger partial charge is 0.191 e. The number of hydrogen-bond donors (Lipinski definition) is 4. The van der Waals surface area contributed by atoms with Crippen LogP contribution in [0.4, 0.5) is 4.39 Å². The zero-order chi connectivity index (χ0) is 19.1. The van der Waals surface area contributed by atoms with Crippen LogP contribution in [-0.2, 0) is 19.6 Å². The molecule has 0 aliphatic rings. The van der Waals surface area contributed by atoms with Crippen molar-refractivity contribution >= 4 is 40.8 Å². The molecule has 2 aromatic carbocycles. The van der Waals surface area contributed by atoms with Gasteiger partial charge in [0.05, 0.1) is 13.2 Å². The van der Waals surface area contributed by atoms with Gasteiger partial charge in [-0.3, -0.25) is 0 Å². The van der Waals surface area contributed by atoms with Gasteiger partial charge in [-0.05, 0) is 48.2 Å². The average molecular weight is 496 g/mol. The lowest BCUT2D eigenvalue weighted by molar-refractivity contribution is 0.280. The van der Waals surface area contributed by atoms with Crippen molar-refractivity contribution in [2.75, 3.05) is 13.1 Å². The maximum absolute atomic E-state index is 13.5. The molecule has 0 saturated heterocycles. The van der Waals surface area contributed by atoms with Gasteiger partial charge < -0.3 is 20.7 Å². The van der Waals surface area contributed by atoms with Crippen LogP contribution in [0, 0.1) is 5.82 Å². The molecule has 150 valence electrons. The monoisotopic (exact) mass is 496 g/mol. The Bertz CT molecular complexity index is 926.